The first kappa shape index (κ1) is 15.7. The zero-order chi connectivity index (χ0) is 11.3. The highest BCUT2D eigenvalue weighted by Gasteiger charge is 2.12. The van der Waals surface area contributed by atoms with Gasteiger partial charge in [0.1, 0.15) is 5.75 Å². The number of hydrogen-bond donors (Lipinski definition) is 2. The van der Waals surface area contributed by atoms with Gasteiger partial charge in [0.05, 0.1) is 6.61 Å². The molecule has 3 N–H and O–H groups in total. The molecule has 1 rings (SSSR count). The van der Waals surface area contributed by atoms with E-state index in [0.717, 1.165) is 15.8 Å². The molecule has 0 aromatic heterocycles. The van der Waals surface area contributed by atoms with Crippen molar-refractivity contribution in [2.24, 2.45) is 5.73 Å². The van der Waals surface area contributed by atoms with Gasteiger partial charge in [-0.15, -0.1) is 12.4 Å². The van der Waals surface area contributed by atoms with Crippen molar-refractivity contribution in [1.82, 2.24) is 0 Å². The van der Waals surface area contributed by atoms with E-state index in [1.165, 1.54) is 0 Å². The maximum absolute atomic E-state index is 8.86. The summed E-state index contributed by atoms with van der Waals surface area (Å²) in [5.74, 6) is 0.793. The van der Waals surface area contributed by atoms with Crippen molar-refractivity contribution in [3.63, 3.8) is 0 Å². The van der Waals surface area contributed by atoms with E-state index in [4.69, 9.17) is 15.6 Å². The fourth-order valence-electron chi connectivity index (χ4n) is 1.39. The predicted molar refractivity (Wildman–Crippen MR) is 71.2 cm³/mol. The van der Waals surface area contributed by atoms with E-state index in [2.05, 4.69) is 15.9 Å². The molecule has 0 unspecified atom stereocenters. The molecule has 0 radical (unpaired) electrons. The average Bonchev–Trinajstić information content (AvgIpc) is 2.21. The molecule has 92 valence electrons. The van der Waals surface area contributed by atoms with Crippen LogP contribution >= 0.6 is 28.3 Å². The van der Waals surface area contributed by atoms with E-state index >= 15 is 0 Å². The molecule has 0 fully saturated rings. The van der Waals surface area contributed by atoms with Gasteiger partial charge in [0.25, 0.3) is 0 Å². The molecular formula is C11H17BrClNO2. The molecule has 0 saturated carbocycles. The quantitative estimate of drug-likeness (QED) is 0.879. The molecule has 0 aliphatic heterocycles. The Bertz CT molecular complexity index is 323. The number of rotatable bonds is 5. The van der Waals surface area contributed by atoms with Crippen molar-refractivity contribution in [1.29, 1.82) is 0 Å². The van der Waals surface area contributed by atoms with Crippen LogP contribution in [0.4, 0.5) is 0 Å². The molecule has 5 heteroatoms. The molecule has 0 aliphatic rings. The number of benzene rings is 1. The third kappa shape index (κ3) is 4.29. The smallest absolute Gasteiger partial charge is 0.124 e. The normalized spacial score (nSPS) is 11.8. The topological polar surface area (TPSA) is 55.5 Å². The average molecular weight is 311 g/mol. The lowest BCUT2D eigenvalue weighted by molar-refractivity contribution is 0.273. The van der Waals surface area contributed by atoms with Crippen LogP contribution in [0.3, 0.4) is 0 Å². The van der Waals surface area contributed by atoms with Crippen LogP contribution in [0.5, 0.6) is 5.75 Å². The molecule has 0 bridgehead atoms. The summed E-state index contributed by atoms with van der Waals surface area (Å²) in [5, 5.41) is 8.86. The molecule has 0 spiro atoms. The fraction of sp³-hybridized carbons (Fsp3) is 0.455. The van der Waals surface area contributed by atoms with Crippen LogP contribution in [0.2, 0.25) is 0 Å². The van der Waals surface area contributed by atoms with Gasteiger partial charge < -0.3 is 15.6 Å². The predicted octanol–water partition coefficient (Wildman–Crippen LogP) is 2.65. The number of aliphatic hydroxyl groups excluding tert-OH is 1. The Labute approximate surface area is 111 Å². The molecule has 0 amide bonds. The minimum atomic E-state index is -0.186. The lowest BCUT2D eigenvalue weighted by Gasteiger charge is -2.16. The van der Waals surface area contributed by atoms with E-state index in [1.54, 1.807) is 0 Å². The van der Waals surface area contributed by atoms with Crippen LogP contribution in [0.25, 0.3) is 0 Å². The Morgan fingerprint density at radius 3 is 2.75 bits per heavy atom. The second kappa shape index (κ2) is 7.90. The molecule has 1 aromatic rings. The van der Waals surface area contributed by atoms with E-state index in [-0.39, 0.29) is 25.1 Å². The van der Waals surface area contributed by atoms with Crippen molar-refractivity contribution in [3.05, 3.63) is 28.2 Å². The van der Waals surface area contributed by atoms with E-state index < -0.39 is 0 Å². The Hall–Kier alpha value is -0.290. The van der Waals surface area contributed by atoms with Crippen LogP contribution in [-0.4, -0.2) is 18.3 Å². The van der Waals surface area contributed by atoms with Gasteiger partial charge in [0.15, 0.2) is 0 Å². The van der Waals surface area contributed by atoms with Crippen molar-refractivity contribution < 1.29 is 9.84 Å². The zero-order valence-electron chi connectivity index (χ0n) is 9.15. The first-order valence-corrected chi connectivity index (χ1v) is 5.77. The van der Waals surface area contributed by atoms with Gasteiger partial charge in [0.2, 0.25) is 0 Å². The van der Waals surface area contributed by atoms with Crippen LogP contribution in [0.1, 0.15) is 24.9 Å². The molecule has 0 saturated heterocycles. The maximum Gasteiger partial charge on any atom is 0.124 e. The van der Waals surface area contributed by atoms with Crippen molar-refractivity contribution in [2.75, 3.05) is 13.2 Å². The third-order valence-corrected chi connectivity index (χ3v) is 2.60. The molecule has 0 aliphatic carbocycles. The number of aliphatic hydroxyl groups is 1. The molecule has 1 atom stereocenters. The summed E-state index contributed by atoms with van der Waals surface area (Å²) in [7, 11) is 0. The second-order valence-electron chi connectivity index (χ2n) is 3.23. The first-order valence-electron chi connectivity index (χ1n) is 4.97. The maximum atomic E-state index is 8.86. The van der Waals surface area contributed by atoms with Crippen molar-refractivity contribution in [2.45, 2.75) is 19.4 Å². The zero-order valence-corrected chi connectivity index (χ0v) is 11.6. The SMILES string of the molecule is CCOc1ccc(Br)cc1[C@H](N)CCO.Cl. The summed E-state index contributed by atoms with van der Waals surface area (Å²) in [6, 6.07) is 5.56. The first-order chi connectivity index (χ1) is 7.19. The number of nitrogens with two attached hydrogens (primary N) is 1. The molecule has 0 heterocycles. The van der Waals surface area contributed by atoms with Gasteiger partial charge in [0, 0.05) is 22.7 Å². The summed E-state index contributed by atoms with van der Waals surface area (Å²) in [6.45, 7) is 2.63. The summed E-state index contributed by atoms with van der Waals surface area (Å²) >= 11 is 3.39. The monoisotopic (exact) mass is 309 g/mol. The fourth-order valence-corrected chi connectivity index (χ4v) is 1.77. The van der Waals surface area contributed by atoms with Gasteiger partial charge in [-0.2, -0.15) is 0 Å². The highest BCUT2D eigenvalue weighted by atomic mass is 79.9. The molecule has 1 aromatic carbocycles. The minimum absolute atomic E-state index is 0. The van der Waals surface area contributed by atoms with Crippen LogP contribution in [0, 0.1) is 0 Å². The molecular weight excluding hydrogens is 293 g/mol. The highest BCUT2D eigenvalue weighted by Crippen LogP contribution is 2.28. The van der Waals surface area contributed by atoms with Gasteiger partial charge in [-0.3, -0.25) is 0 Å². The minimum Gasteiger partial charge on any atom is -0.494 e. The Morgan fingerprint density at radius 2 is 2.19 bits per heavy atom. The summed E-state index contributed by atoms with van der Waals surface area (Å²) in [4.78, 5) is 0. The lowest BCUT2D eigenvalue weighted by atomic mass is 10.0. The number of ether oxygens (including phenoxy) is 1. The van der Waals surface area contributed by atoms with Crippen molar-refractivity contribution in [3.8, 4) is 5.75 Å². The number of halogens is 2. The summed E-state index contributed by atoms with van der Waals surface area (Å²) in [5.41, 5.74) is 6.88. The van der Waals surface area contributed by atoms with Crippen molar-refractivity contribution >= 4 is 28.3 Å². The van der Waals surface area contributed by atoms with E-state index in [9.17, 15) is 0 Å². The van der Waals surface area contributed by atoms with Crippen LogP contribution in [-0.2, 0) is 0 Å². The standard InChI is InChI=1S/C11H16BrNO2.ClH/c1-2-15-11-4-3-8(12)7-9(11)10(13)5-6-14;/h3-4,7,10,14H,2,5-6,13H2,1H3;1H/t10-;/m1./s1. The van der Waals surface area contributed by atoms with Gasteiger partial charge in [-0.05, 0) is 31.5 Å². The van der Waals surface area contributed by atoms with E-state index in [1.807, 2.05) is 25.1 Å². The Kier molecular flexibility index (Phi) is 7.76. The number of hydrogen-bond acceptors (Lipinski definition) is 3. The lowest BCUT2D eigenvalue weighted by Crippen LogP contribution is -2.13. The third-order valence-electron chi connectivity index (χ3n) is 2.11. The Balaban J connectivity index is 0.00000225. The summed E-state index contributed by atoms with van der Waals surface area (Å²) < 4.78 is 6.44. The van der Waals surface area contributed by atoms with E-state index in [0.29, 0.717) is 13.0 Å². The van der Waals surface area contributed by atoms with Crippen LogP contribution in [0.15, 0.2) is 22.7 Å². The molecule has 16 heavy (non-hydrogen) atoms. The largest absolute Gasteiger partial charge is 0.494 e. The second-order valence-corrected chi connectivity index (χ2v) is 4.15. The molecule has 3 nitrogen and oxygen atoms in total. The summed E-state index contributed by atoms with van der Waals surface area (Å²) in [6.07, 6.45) is 0.538. The highest BCUT2D eigenvalue weighted by molar-refractivity contribution is 9.10. The van der Waals surface area contributed by atoms with Crippen LogP contribution < -0.4 is 10.5 Å². The van der Waals surface area contributed by atoms with Gasteiger partial charge in [-0.25, -0.2) is 0 Å². The Morgan fingerprint density at radius 1 is 1.50 bits per heavy atom. The van der Waals surface area contributed by atoms with Gasteiger partial charge in [-0.1, -0.05) is 15.9 Å². The van der Waals surface area contributed by atoms with Gasteiger partial charge >= 0.3 is 0 Å².